The molecule has 2 N–H and O–H groups in total. The third-order valence-electron chi connectivity index (χ3n) is 6.66. The number of piperidine rings is 1. The maximum atomic E-state index is 13.9. The number of aliphatic hydroxyl groups is 1. The largest absolute Gasteiger partial charge is 0.497 e. The predicted molar refractivity (Wildman–Crippen MR) is 131 cm³/mol. The highest BCUT2D eigenvalue weighted by atomic mass is 35.5. The highest BCUT2D eigenvalue weighted by Gasteiger charge is 2.61. The van der Waals surface area contributed by atoms with Crippen LogP contribution in [0.3, 0.4) is 0 Å². The molecule has 2 heterocycles. The molecule has 1 saturated heterocycles. The van der Waals surface area contributed by atoms with Gasteiger partial charge in [0.1, 0.15) is 16.7 Å². The van der Waals surface area contributed by atoms with Crippen molar-refractivity contribution >= 4 is 29.3 Å². The molecule has 1 atom stereocenters. The maximum Gasteiger partial charge on any atom is 0.430 e. The van der Waals surface area contributed by atoms with Gasteiger partial charge in [-0.05, 0) is 55.9 Å². The predicted octanol–water partition coefficient (Wildman–Crippen LogP) is 4.35. The van der Waals surface area contributed by atoms with Gasteiger partial charge in [0.05, 0.1) is 12.7 Å². The maximum absolute atomic E-state index is 13.9. The Morgan fingerprint density at radius 3 is 2.46 bits per heavy atom. The third-order valence-corrected chi connectivity index (χ3v) is 6.95. The number of halogens is 4. The number of likely N-dealkylation sites (N-methyl/N-ethyl adjacent to an activating group) is 1. The van der Waals surface area contributed by atoms with E-state index in [4.69, 9.17) is 21.4 Å². The Hall–Kier alpha value is -3.05. The molecule has 3 rings (SSSR count). The summed E-state index contributed by atoms with van der Waals surface area (Å²) in [5.74, 6) is -1.62. The van der Waals surface area contributed by atoms with Crippen LogP contribution in [0.1, 0.15) is 41.6 Å². The summed E-state index contributed by atoms with van der Waals surface area (Å²) in [4.78, 5) is 31.0. The smallest absolute Gasteiger partial charge is 0.430 e. The van der Waals surface area contributed by atoms with E-state index in [9.17, 15) is 27.9 Å². The van der Waals surface area contributed by atoms with Gasteiger partial charge in [-0.2, -0.15) is 13.2 Å². The van der Waals surface area contributed by atoms with Crippen molar-refractivity contribution in [3.8, 4) is 5.75 Å². The van der Waals surface area contributed by atoms with E-state index >= 15 is 0 Å². The van der Waals surface area contributed by atoms with Gasteiger partial charge in [0.2, 0.25) is 0 Å². The van der Waals surface area contributed by atoms with E-state index in [-0.39, 0.29) is 23.0 Å². The number of alkyl halides is 3. The number of aromatic carboxylic acids is 1. The number of nitrogens with zero attached hydrogens (tertiary/aromatic N) is 3. The first-order valence-electron chi connectivity index (χ1n) is 11.7. The summed E-state index contributed by atoms with van der Waals surface area (Å²) in [6.45, 7) is 1.38. The molecule has 1 unspecified atom stereocenters. The highest BCUT2D eigenvalue weighted by molar-refractivity contribution is 6.32. The Bertz CT molecular complexity index is 1120. The number of amides is 1. The van der Waals surface area contributed by atoms with Crippen LogP contribution in [-0.2, 0) is 10.4 Å². The van der Waals surface area contributed by atoms with Crippen LogP contribution in [0, 0.1) is 5.92 Å². The number of rotatable bonds is 9. The number of methoxy groups -OCH3 is 1. The van der Waals surface area contributed by atoms with E-state index < -0.39 is 29.2 Å². The van der Waals surface area contributed by atoms with Gasteiger partial charge >= 0.3 is 12.1 Å². The van der Waals surface area contributed by atoms with E-state index in [1.807, 2.05) is 4.90 Å². The van der Waals surface area contributed by atoms with Crippen LogP contribution >= 0.6 is 11.6 Å². The van der Waals surface area contributed by atoms with Crippen molar-refractivity contribution in [2.75, 3.05) is 38.7 Å². The molecular formula is C25H29ClF3N3O5. The molecule has 1 aliphatic heterocycles. The Kier molecular flexibility index (Phi) is 8.91. The number of anilines is 1. The molecule has 1 fully saturated rings. The highest BCUT2D eigenvalue weighted by Crippen LogP contribution is 2.41. The Morgan fingerprint density at radius 1 is 1.22 bits per heavy atom. The fourth-order valence-corrected chi connectivity index (χ4v) is 4.69. The summed E-state index contributed by atoms with van der Waals surface area (Å²) in [5, 5.41) is 19.6. The molecule has 0 bridgehead atoms. The molecule has 0 saturated carbocycles. The van der Waals surface area contributed by atoms with Crippen LogP contribution < -0.4 is 9.64 Å². The van der Waals surface area contributed by atoms with Crippen molar-refractivity contribution in [2.45, 2.75) is 37.5 Å². The average Bonchev–Trinajstić information content (AvgIpc) is 2.87. The SMILES string of the molecule is COc1cccc(C(O)(C(=O)N(C)CCCC2CCN(c3ccc(C(=O)O)c(Cl)n3)CC2)C(F)(F)F)c1. The molecule has 8 nitrogen and oxygen atoms in total. The van der Waals surface area contributed by atoms with Crippen molar-refractivity contribution in [3.05, 3.63) is 52.7 Å². The molecule has 1 aromatic heterocycles. The van der Waals surface area contributed by atoms with E-state index in [1.54, 1.807) is 6.07 Å². The lowest BCUT2D eigenvalue weighted by atomic mass is 9.90. The summed E-state index contributed by atoms with van der Waals surface area (Å²) >= 11 is 5.97. The van der Waals surface area contributed by atoms with Crippen molar-refractivity contribution in [1.29, 1.82) is 0 Å². The van der Waals surface area contributed by atoms with Gasteiger partial charge in [0, 0.05) is 32.2 Å². The number of aromatic nitrogens is 1. The van der Waals surface area contributed by atoms with Gasteiger partial charge < -0.3 is 24.7 Å². The lowest BCUT2D eigenvalue weighted by Gasteiger charge is -2.34. The zero-order chi connectivity index (χ0) is 27.4. The van der Waals surface area contributed by atoms with Crippen LogP contribution in [0.25, 0.3) is 0 Å². The Morgan fingerprint density at radius 2 is 1.89 bits per heavy atom. The number of pyridine rings is 1. The number of ether oxygens (including phenoxy) is 1. The van der Waals surface area contributed by atoms with Crippen LogP contribution in [0.5, 0.6) is 5.75 Å². The summed E-state index contributed by atoms with van der Waals surface area (Å²) in [6.07, 6.45) is -2.46. The summed E-state index contributed by atoms with van der Waals surface area (Å²) in [5.41, 5.74) is -4.36. The van der Waals surface area contributed by atoms with Crippen LogP contribution in [0.15, 0.2) is 36.4 Å². The van der Waals surface area contributed by atoms with Gasteiger partial charge in [-0.25, -0.2) is 9.78 Å². The number of carbonyl (C=O) groups is 2. The zero-order valence-corrected chi connectivity index (χ0v) is 21.2. The second-order valence-corrected chi connectivity index (χ2v) is 9.41. The van der Waals surface area contributed by atoms with Gasteiger partial charge in [-0.15, -0.1) is 0 Å². The fourth-order valence-electron chi connectivity index (χ4n) is 4.46. The van der Waals surface area contributed by atoms with E-state index in [0.29, 0.717) is 37.7 Å². The molecule has 2 aromatic rings. The molecule has 0 radical (unpaired) electrons. The molecule has 0 aliphatic carbocycles. The normalized spacial score (nSPS) is 16.2. The molecule has 37 heavy (non-hydrogen) atoms. The first-order chi connectivity index (χ1) is 17.4. The number of benzene rings is 1. The van der Waals surface area contributed by atoms with E-state index in [2.05, 4.69) is 4.98 Å². The van der Waals surface area contributed by atoms with Gasteiger partial charge in [-0.1, -0.05) is 23.7 Å². The standard InChI is InChI=1S/C25H29ClF3N3O5/c1-31(23(35)24(36,25(27,28)29)17-6-3-7-18(15-17)37-2)12-4-5-16-10-13-32(14-11-16)20-9-8-19(22(33)34)21(26)30-20/h3,6-9,15-16,36H,4-5,10-14H2,1-2H3,(H,33,34). The van der Waals surface area contributed by atoms with Gasteiger partial charge in [0.15, 0.2) is 0 Å². The van der Waals surface area contributed by atoms with E-state index in [1.165, 1.54) is 32.4 Å². The van der Waals surface area contributed by atoms with Gasteiger partial charge in [-0.3, -0.25) is 4.79 Å². The average molecular weight is 544 g/mol. The summed E-state index contributed by atoms with van der Waals surface area (Å²) < 4.78 is 46.7. The number of hydrogen-bond donors (Lipinski definition) is 2. The molecule has 1 aromatic carbocycles. The molecule has 0 spiro atoms. The quantitative estimate of drug-likeness (QED) is 0.453. The fraction of sp³-hybridized carbons (Fsp3) is 0.480. The number of carbonyl (C=O) groups excluding carboxylic acids is 1. The molecule has 1 aliphatic rings. The lowest BCUT2D eigenvalue weighted by Crippen LogP contribution is -2.55. The topological polar surface area (TPSA) is 103 Å². The number of hydrogen-bond acceptors (Lipinski definition) is 6. The number of carboxylic acid groups (broad SMARTS) is 1. The third kappa shape index (κ3) is 6.27. The Labute approximate surface area is 217 Å². The molecule has 202 valence electrons. The zero-order valence-electron chi connectivity index (χ0n) is 20.5. The van der Waals surface area contributed by atoms with Crippen molar-refractivity contribution in [1.82, 2.24) is 9.88 Å². The summed E-state index contributed by atoms with van der Waals surface area (Å²) in [7, 11) is 2.53. The molecular weight excluding hydrogens is 515 g/mol. The first-order valence-corrected chi connectivity index (χ1v) is 12.1. The second-order valence-electron chi connectivity index (χ2n) is 9.05. The van der Waals surface area contributed by atoms with Crippen LogP contribution in [0.2, 0.25) is 5.15 Å². The van der Waals surface area contributed by atoms with Crippen molar-refractivity contribution in [2.24, 2.45) is 5.92 Å². The molecule has 12 heteroatoms. The Balaban J connectivity index is 1.55. The van der Waals surface area contributed by atoms with Crippen LogP contribution in [0.4, 0.5) is 19.0 Å². The van der Waals surface area contributed by atoms with Crippen molar-refractivity contribution in [3.63, 3.8) is 0 Å². The van der Waals surface area contributed by atoms with E-state index in [0.717, 1.165) is 29.9 Å². The summed E-state index contributed by atoms with van der Waals surface area (Å²) in [6, 6.07) is 7.79. The minimum absolute atomic E-state index is 0.0508. The first kappa shape index (κ1) is 28.5. The monoisotopic (exact) mass is 543 g/mol. The molecule has 1 amide bonds. The van der Waals surface area contributed by atoms with Crippen molar-refractivity contribution < 1.29 is 37.7 Å². The lowest BCUT2D eigenvalue weighted by molar-refractivity contribution is -0.261. The van der Waals surface area contributed by atoms with Crippen LogP contribution in [-0.4, -0.2) is 71.9 Å². The van der Waals surface area contributed by atoms with Gasteiger partial charge in [0.25, 0.3) is 11.5 Å². The second kappa shape index (κ2) is 11.6. The minimum atomic E-state index is -5.23. The number of carboxylic acids is 1. The minimum Gasteiger partial charge on any atom is -0.497 e.